The summed E-state index contributed by atoms with van der Waals surface area (Å²) in [6.45, 7) is 10.8. The summed E-state index contributed by atoms with van der Waals surface area (Å²) in [6.07, 6.45) is 4.06. The van der Waals surface area contributed by atoms with Gasteiger partial charge in [-0.15, -0.1) is 0 Å². The van der Waals surface area contributed by atoms with Gasteiger partial charge in [0.2, 0.25) is 0 Å². The van der Waals surface area contributed by atoms with Gasteiger partial charge in [0.1, 0.15) is 0 Å². The van der Waals surface area contributed by atoms with Crippen LogP contribution in [-0.2, 0) is 0 Å². The first-order chi connectivity index (χ1) is 6.55. The minimum absolute atomic E-state index is 0.455. The summed E-state index contributed by atoms with van der Waals surface area (Å²) in [5.41, 5.74) is 0.455. The minimum Gasteiger partial charge on any atom is -0.320 e. The van der Waals surface area contributed by atoms with E-state index in [4.69, 9.17) is 0 Å². The minimum atomic E-state index is 0.455. The summed E-state index contributed by atoms with van der Waals surface area (Å²) in [6, 6.07) is 0.805. The average molecular weight is 198 g/mol. The first-order valence-corrected chi connectivity index (χ1v) is 5.94. The molecule has 0 amide bonds. The summed E-state index contributed by atoms with van der Waals surface area (Å²) >= 11 is 0. The number of hydrogen-bond donors (Lipinski definition) is 1. The van der Waals surface area contributed by atoms with Crippen molar-refractivity contribution >= 4 is 0 Å². The van der Waals surface area contributed by atoms with Gasteiger partial charge in [0.15, 0.2) is 0 Å². The van der Waals surface area contributed by atoms with Gasteiger partial charge in [-0.2, -0.15) is 0 Å². The third kappa shape index (κ3) is 3.25. The third-order valence-corrected chi connectivity index (χ3v) is 3.24. The molecule has 1 atom stereocenters. The maximum Gasteiger partial charge on any atom is 0.0144 e. The highest BCUT2D eigenvalue weighted by Gasteiger charge is 2.33. The van der Waals surface area contributed by atoms with Crippen molar-refractivity contribution < 1.29 is 0 Å². The van der Waals surface area contributed by atoms with Crippen LogP contribution in [0.1, 0.15) is 40.0 Å². The molecule has 0 bridgehead atoms. The van der Waals surface area contributed by atoms with Crippen molar-refractivity contribution in [2.75, 3.05) is 26.7 Å². The number of nitrogens with one attached hydrogen (secondary N) is 1. The standard InChI is InChI=1S/C12H26N2/c1-12(2,3)11-7-5-9-14(11)10-6-8-13-4/h11,13H,5-10H2,1-4H3. The molecule has 1 heterocycles. The Balaban J connectivity index is 2.36. The fourth-order valence-electron chi connectivity index (χ4n) is 2.53. The van der Waals surface area contributed by atoms with Crippen molar-refractivity contribution in [3.05, 3.63) is 0 Å². The largest absolute Gasteiger partial charge is 0.320 e. The lowest BCUT2D eigenvalue weighted by Gasteiger charge is -2.35. The Kier molecular flexibility index (Phi) is 4.39. The van der Waals surface area contributed by atoms with E-state index in [2.05, 4.69) is 31.0 Å². The smallest absolute Gasteiger partial charge is 0.0144 e. The van der Waals surface area contributed by atoms with Crippen LogP contribution >= 0.6 is 0 Å². The molecule has 0 aromatic rings. The lowest BCUT2D eigenvalue weighted by Crippen LogP contribution is -2.40. The van der Waals surface area contributed by atoms with Gasteiger partial charge >= 0.3 is 0 Å². The van der Waals surface area contributed by atoms with Gasteiger partial charge in [-0.3, -0.25) is 4.90 Å². The molecular formula is C12H26N2. The molecule has 1 N–H and O–H groups in total. The predicted octanol–water partition coefficient (Wildman–Crippen LogP) is 2.11. The van der Waals surface area contributed by atoms with E-state index in [0.717, 1.165) is 12.6 Å². The number of rotatable bonds is 4. The number of likely N-dealkylation sites (tertiary alicyclic amines) is 1. The van der Waals surface area contributed by atoms with Gasteiger partial charge in [0.25, 0.3) is 0 Å². The lowest BCUT2D eigenvalue weighted by molar-refractivity contribution is 0.140. The molecule has 0 radical (unpaired) electrons. The van der Waals surface area contributed by atoms with Crippen LogP contribution in [-0.4, -0.2) is 37.6 Å². The molecular weight excluding hydrogens is 172 g/mol. The Hall–Kier alpha value is -0.0800. The molecule has 1 aliphatic rings. The van der Waals surface area contributed by atoms with Crippen molar-refractivity contribution in [1.29, 1.82) is 0 Å². The van der Waals surface area contributed by atoms with Gasteiger partial charge < -0.3 is 5.32 Å². The fourth-order valence-corrected chi connectivity index (χ4v) is 2.53. The summed E-state index contributed by atoms with van der Waals surface area (Å²) in [5.74, 6) is 0. The summed E-state index contributed by atoms with van der Waals surface area (Å²) in [5, 5.41) is 3.22. The molecule has 84 valence electrons. The van der Waals surface area contributed by atoms with Crippen LogP contribution < -0.4 is 5.32 Å². The van der Waals surface area contributed by atoms with Crippen LogP contribution in [0.5, 0.6) is 0 Å². The molecule has 1 fully saturated rings. The van der Waals surface area contributed by atoms with Crippen molar-refractivity contribution in [2.24, 2.45) is 5.41 Å². The zero-order valence-electron chi connectivity index (χ0n) is 10.3. The molecule has 0 spiro atoms. The van der Waals surface area contributed by atoms with E-state index in [-0.39, 0.29) is 0 Å². The van der Waals surface area contributed by atoms with Gasteiger partial charge in [-0.25, -0.2) is 0 Å². The van der Waals surface area contributed by atoms with Gasteiger partial charge in [-0.1, -0.05) is 20.8 Å². The topological polar surface area (TPSA) is 15.3 Å². The molecule has 1 unspecified atom stereocenters. The molecule has 0 aromatic carbocycles. The normalized spacial score (nSPS) is 24.4. The molecule has 0 aliphatic carbocycles. The van der Waals surface area contributed by atoms with Crippen LogP contribution in [0.25, 0.3) is 0 Å². The molecule has 0 aromatic heterocycles. The van der Waals surface area contributed by atoms with E-state index in [1.807, 2.05) is 7.05 Å². The number of nitrogens with zero attached hydrogens (tertiary/aromatic N) is 1. The van der Waals surface area contributed by atoms with E-state index in [1.54, 1.807) is 0 Å². The Labute approximate surface area is 89.1 Å². The molecule has 2 heteroatoms. The molecule has 14 heavy (non-hydrogen) atoms. The second-order valence-corrected chi connectivity index (χ2v) is 5.52. The van der Waals surface area contributed by atoms with Crippen LogP contribution in [0.15, 0.2) is 0 Å². The maximum absolute atomic E-state index is 3.22. The third-order valence-electron chi connectivity index (χ3n) is 3.24. The van der Waals surface area contributed by atoms with Gasteiger partial charge in [-0.05, 0) is 51.4 Å². The highest BCUT2D eigenvalue weighted by Crippen LogP contribution is 2.32. The van der Waals surface area contributed by atoms with Crippen LogP contribution in [0, 0.1) is 5.41 Å². The Morgan fingerprint density at radius 1 is 1.36 bits per heavy atom. The van der Waals surface area contributed by atoms with Gasteiger partial charge in [0.05, 0.1) is 0 Å². The molecule has 1 rings (SSSR count). The van der Waals surface area contributed by atoms with Crippen molar-refractivity contribution in [3.63, 3.8) is 0 Å². The molecule has 1 saturated heterocycles. The fraction of sp³-hybridized carbons (Fsp3) is 1.00. The summed E-state index contributed by atoms with van der Waals surface area (Å²) in [4.78, 5) is 2.68. The Morgan fingerprint density at radius 3 is 2.64 bits per heavy atom. The van der Waals surface area contributed by atoms with Gasteiger partial charge in [0, 0.05) is 6.04 Å². The molecule has 2 nitrogen and oxygen atoms in total. The zero-order chi connectivity index (χ0) is 10.6. The van der Waals surface area contributed by atoms with E-state index in [9.17, 15) is 0 Å². The first-order valence-electron chi connectivity index (χ1n) is 5.94. The monoisotopic (exact) mass is 198 g/mol. The van der Waals surface area contributed by atoms with Crippen molar-refractivity contribution in [1.82, 2.24) is 10.2 Å². The van der Waals surface area contributed by atoms with E-state index in [1.165, 1.54) is 32.4 Å². The van der Waals surface area contributed by atoms with E-state index in [0.29, 0.717) is 5.41 Å². The van der Waals surface area contributed by atoms with Crippen LogP contribution in [0.4, 0.5) is 0 Å². The van der Waals surface area contributed by atoms with Crippen LogP contribution in [0.2, 0.25) is 0 Å². The van der Waals surface area contributed by atoms with E-state index >= 15 is 0 Å². The average Bonchev–Trinajstić information content (AvgIpc) is 2.52. The highest BCUT2D eigenvalue weighted by atomic mass is 15.2. The van der Waals surface area contributed by atoms with Crippen LogP contribution in [0.3, 0.4) is 0 Å². The quantitative estimate of drug-likeness (QED) is 0.696. The summed E-state index contributed by atoms with van der Waals surface area (Å²) in [7, 11) is 2.03. The van der Waals surface area contributed by atoms with Crippen molar-refractivity contribution in [2.45, 2.75) is 46.1 Å². The predicted molar refractivity (Wildman–Crippen MR) is 62.6 cm³/mol. The number of hydrogen-bond acceptors (Lipinski definition) is 2. The SMILES string of the molecule is CNCCCN1CCCC1C(C)(C)C. The first kappa shape index (κ1) is 12.0. The lowest BCUT2D eigenvalue weighted by atomic mass is 9.85. The molecule has 0 saturated carbocycles. The maximum atomic E-state index is 3.22. The second kappa shape index (κ2) is 5.13. The van der Waals surface area contributed by atoms with Crippen molar-refractivity contribution in [3.8, 4) is 0 Å². The Bertz CT molecular complexity index is 160. The Morgan fingerprint density at radius 2 is 2.07 bits per heavy atom. The highest BCUT2D eigenvalue weighted by molar-refractivity contribution is 4.87. The summed E-state index contributed by atoms with van der Waals surface area (Å²) < 4.78 is 0. The zero-order valence-corrected chi connectivity index (χ0v) is 10.3. The molecule has 1 aliphatic heterocycles. The van der Waals surface area contributed by atoms with E-state index < -0.39 is 0 Å². The second-order valence-electron chi connectivity index (χ2n) is 5.52.